The Morgan fingerprint density at radius 1 is 1.29 bits per heavy atom. The first-order valence-electron chi connectivity index (χ1n) is 7.82. The SMILES string of the molecule is CC(C)CC1CN(C(C)c2ccc(Cl)cc2Cl)C(C)CN1. The molecule has 2 nitrogen and oxygen atoms in total. The molecule has 21 heavy (non-hydrogen) atoms. The van der Waals surface area contributed by atoms with Gasteiger partial charge in [-0.25, -0.2) is 0 Å². The van der Waals surface area contributed by atoms with Crippen LogP contribution in [0.5, 0.6) is 0 Å². The second-order valence-electron chi connectivity index (χ2n) is 6.62. The van der Waals surface area contributed by atoms with E-state index in [9.17, 15) is 0 Å². The minimum absolute atomic E-state index is 0.307. The summed E-state index contributed by atoms with van der Waals surface area (Å²) in [6, 6.07) is 7.21. The lowest BCUT2D eigenvalue weighted by Crippen LogP contribution is -2.56. The maximum absolute atomic E-state index is 6.39. The molecule has 0 radical (unpaired) electrons. The van der Waals surface area contributed by atoms with Crippen molar-refractivity contribution < 1.29 is 0 Å². The topological polar surface area (TPSA) is 15.3 Å². The van der Waals surface area contributed by atoms with Crippen molar-refractivity contribution >= 4 is 23.2 Å². The van der Waals surface area contributed by atoms with Crippen molar-refractivity contribution in [3.05, 3.63) is 33.8 Å². The molecular weight excluding hydrogens is 303 g/mol. The van der Waals surface area contributed by atoms with Gasteiger partial charge in [-0.15, -0.1) is 0 Å². The summed E-state index contributed by atoms with van der Waals surface area (Å²) in [6.07, 6.45) is 1.21. The zero-order valence-corrected chi connectivity index (χ0v) is 14.9. The van der Waals surface area contributed by atoms with Crippen molar-refractivity contribution in [2.45, 2.75) is 52.2 Å². The monoisotopic (exact) mass is 328 g/mol. The molecule has 118 valence electrons. The highest BCUT2D eigenvalue weighted by Gasteiger charge is 2.30. The van der Waals surface area contributed by atoms with E-state index < -0.39 is 0 Å². The molecule has 1 aromatic rings. The van der Waals surface area contributed by atoms with Crippen LogP contribution >= 0.6 is 23.2 Å². The molecule has 1 heterocycles. The van der Waals surface area contributed by atoms with E-state index in [2.05, 4.69) is 44.0 Å². The molecule has 0 aromatic heterocycles. The molecule has 0 aliphatic carbocycles. The fourth-order valence-corrected chi connectivity index (χ4v) is 3.81. The van der Waals surface area contributed by atoms with E-state index in [1.165, 1.54) is 6.42 Å². The van der Waals surface area contributed by atoms with Gasteiger partial charge in [0.05, 0.1) is 0 Å². The number of benzene rings is 1. The van der Waals surface area contributed by atoms with Crippen LogP contribution in [0.2, 0.25) is 10.0 Å². The van der Waals surface area contributed by atoms with Gasteiger partial charge in [-0.3, -0.25) is 4.90 Å². The second-order valence-corrected chi connectivity index (χ2v) is 7.47. The molecule has 0 spiro atoms. The van der Waals surface area contributed by atoms with Crippen LogP contribution in [0.25, 0.3) is 0 Å². The summed E-state index contributed by atoms with van der Waals surface area (Å²) < 4.78 is 0. The molecule has 0 bridgehead atoms. The molecule has 1 N–H and O–H groups in total. The Bertz CT molecular complexity index is 476. The first-order chi connectivity index (χ1) is 9.88. The smallest absolute Gasteiger partial charge is 0.0468 e. The first-order valence-corrected chi connectivity index (χ1v) is 8.58. The Kier molecular flexibility index (Phi) is 5.96. The van der Waals surface area contributed by atoms with E-state index in [4.69, 9.17) is 23.2 Å². The zero-order valence-electron chi connectivity index (χ0n) is 13.4. The third-order valence-corrected chi connectivity index (χ3v) is 4.93. The molecule has 1 fully saturated rings. The van der Waals surface area contributed by atoms with E-state index in [0.717, 1.165) is 23.7 Å². The summed E-state index contributed by atoms with van der Waals surface area (Å²) in [6.45, 7) is 11.2. The lowest BCUT2D eigenvalue weighted by molar-refractivity contribution is 0.0924. The molecule has 2 rings (SSSR count). The number of halogens is 2. The fraction of sp³-hybridized carbons (Fsp3) is 0.647. The maximum Gasteiger partial charge on any atom is 0.0468 e. The zero-order chi connectivity index (χ0) is 15.6. The van der Waals surface area contributed by atoms with Gasteiger partial charge in [-0.1, -0.05) is 43.1 Å². The standard InChI is InChI=1S/C17H26Cl2N2/c1-11(2)7-15-10-21(12(3)9-20-15)13(4)16-6-5-14(18)8-17(16)19/h5-6,8,11-13,15,20H,7,9-10H2,1-4H3. The Morgan fingerprint density at radius 2 is 2.00 bits per heavy atom. The molecule has 4 heteroatoms. The van der Waals surface area contributed by atoms with Gasteiger partial charge in [0.15, 0.2) is 0 Å². The van der Waals surface area contributed by atoms with Crippen LogP contribution in [0.1, 0.15) is 45.7 Å². The van der Waals surface area contributed by atoms with E-state index >= 15 is 0 Å². The Labute approximate surface area is 138 Å². The average Bonchev–Trinajstić information content (AvgIpc) is 2.39. The van der Waals surface area contributed by atoms with Crippen LogP contribution in [0, 0.1) is 5.92 Å². The molecule has 1 aliphatic heterocycles. The summed E-state index contributed by atoms with van der Waals surface area (Å²) >= 11 is 12.4. The highest BCUT2D eigenvalue weighted by molar-refractivity contribution is 6.35. The third-order valence-electron chi connectivity index (χ3n) is 4.37. The molecule has 1 saturated heterocycles. The predicted molar refractivity (Wildman–Crippen MR) is 92.3 cm³/mol. The van der Waals surface area contributed by atoms with Gasteiger partial charge in [0, 0.05) is 41.3 Å². The van der Waals surface area contributed by atoms with Crippen molar-refractivity contribution in [3.63, 3.8) is 0 Å². The minimum Gasteiger partial charge on any atom is -0.311 e. The summed E-state index contributed by atoms with van der Waals surface area (Å²) in [5.41, 5.74) is 1.16. The number of piperazine rings is 1. The van der Waals surface area contributed by atoms with Crippen LogP contribution in [-0.4, -0.2) is 30.1 Å². The third kappa shape index (κ3) is 4.35. The van der Waals surface area contributed by atoms with E-state index in [0.29, 0.717) is 29.1 Å². The molecule has 3 unspecified atom stereocenters. The van der Waals surface area contributed by atoms with Gasteiger partial charge in [0.1, 0.15) is 0 Å². The Hall–Kier alpha value is -0.280. The normalized spacial score (nSPS) is 25.3. The highest BCUT2D eigenvalue weighted by atomic mass is 35.5. The lowest BCUT2D eigenvalue weighted by atomic mass is 9.97. The molecule has 3 atom stereocenters. The summed E-state index contributed by atoms with van der Waals surface area (Å²) in [4.78, 5) is 2.55. The van der Waals surface area contributed by atoms with Crippen LogP contribution in [0.4, 0.5) is 0 Å². The van der Waals surface area contributed by atoms with Crippen LogP contribution in [-0.2, 0) is 0 Å². The Morgan fingerprint density at radius 3 is 2.62 bits per heavy atom. The van der Waals surface area contributed by atoms with Crippen molar-refractivity contribution in [2.24, 2.45) is 5.92 Å². The number of hydrogen-bond donors (Lipinski definition) is 1. The van der Waals surface area contributed by atoms with Crippen molar-refractivity contribution in [1.82, 2.24) is 10.2 Å². The van der Waals surface area contributed by atoms with E-state index in [1.807, 2.05) is 12.1 Å². The van der Waals surface area contributed by atoms with Gasteiger partial charge < -0.3 is 5.32 Å². The molecule has 0 saturated carbocycles. The first kappa shape index (κ1) is 17.1. The number of hydrogen-bond acceptors (Lipinski definition) is 2. The summed E-state index contributed by atoms with van der Waals surface area (Å²) in [5, 5.41) is 5.13. The van der Waals surface area contributed by atoms with Crippen LogP contribution < -0.4 is 5.32 Å². The average molecular weight is 329 g/mol. The minimum atomic E-state index is 0.307. The van der Waals surface area contributed by atoms with Crippen LogP contribution in [0.3, 0.4) is 0 Å². The van der Waals surface area contributed by atoms with Gasteiger partial charge in [0.25, 0.3) is 0 Å². The van der Waals surface area contributed by atoms with Crippen molar-refractivity contribution in [3.8, 4) is 0 Å². The summed E-state index contributed by atoms with van der Waals surface area (Å²) in [5.74, 6) is 0.715. The van der Waals surface area contributed by atoms with Gasteiger partial charge in [0.2, 0.25) is 0 Å². The van der Waals surface area contributed by atoms with Gasteiger partial charge in [-0.2, -0.15) is 0 Å². The van der Waals surface area contributed by atoms with E-state index in [1.54, 1.807) is 0 Å². The number of nitrogens with one attached hydrogen (secondary N) is 1. The maximum atomic E-state index is 6.39. The molecular formula is C17H26Cl2N2. The number of rotatable bonds is 4. The Balaban J connectivity index is 2.13. The molecule has 1 aliphatic rings. The second kappa shape index (κ2) is 7.32. The van der Waals surface area contributed by atoms with Crippen molar-refractivity contribution in [1.29, 1.82) is 0 Å². The van der Waals surface area contributed by atoms with Gasteiger partial charge >= 0.3 is 0 Å². The molecule has 0 amide bonds. The number of nitrogens with zero attached hydrogens (tertiary/aromatic N) is 1. The quantitative estimate of drug-likeness (QED) is 0.856. The molecule has 1 aromatic carbocycles. The van der Waals surface area contributed by atoms with Crippen LogP contribution in [0.15, 0.2) is 18.2 Å². The van der Waals surface area contributed by atoms with Gasteiger partial charge in [-0.05, 0) is 43.9 Å². The largest absolute Gasteiger partial charge is 0.311 e. The highest BCUT2D eigenvalue weighted by Crippen LogP contribution is 2.32. The van der Waals surface area contributed by atoms with E-state index in [-0.39, 0.29) is 0 Å². The van der Waals surface area contributed by atoms with Crippen molar-refractivity contribution in [2.75, 3.05) is 13.1 Å². The predicted octanol–water partition coefficient (Wildman–Crippen LogP) is 4.76. The lowest BCUT2D eigenvalue weighted by Gasteiger charge is -2.43. The summed E-state index contributed by atoms with van der Waals surface area (Å²) in [7, 11) is 0. The fourth-order valence-electron chi connectivity index (χ4n) is 3.24.